The first-order valence-corrected chi connectivity index (χ1v) is 9.39. The summed E-state index contributed by atoms with van der Waals surface area (Å²) >= 11 is 0. The molecule has 1 aliphatic carbocycles. The fourth-order valence-electron chi connectivity index (χ4n) is 4.42. The Bertz CT molecular complexity index is 269. The Kier molecular flexibility index (Phi) is 7.09. The van der Waals surface area contributed by atoms with E-state index in [0.717, 1.165) is 29.6 Å². The molecule has 1 rings (SSSR count). The summed E-state index contributed by atoms with van der Waals surface area (Å²) < 4.78 is 0. The zero-order chi connectivity index (χ0) is 15.3. The zero-order valence-corrected chi connectivity index (χ0v) is 15.3. The molecule has 1 saturated carbocycles. The highest BCUT2D eigenvalue weighted by Crippen LogP contribution is 2.63. The highest BCUT2D eigenvalue weighted by molar-refractivity contribution is 5.03. The molecule has 6 atom stereocenters. The zero-order valence-electron chi connectivity index (χ0n) is 15.3. The molecule has 0 saturated heterocycles. The van der Waals surface area contributed by atoms with Crippen LogP contribution in [0, 0.1) is 35.0 Å². The molecule has 1 aliphatic rings. The second-order valence-electron chi connectivity index (χ2n) is 8.16. The maximum absolute atomic E-state index is 2.56. The lowest BCUT2D eigenvalue weighted by Crippen LogP contribution is -2.25. The van der Waals surface area contributed by atoms with Crippen molar-refractivity contribution in [1.82, 2.24) is 0 Å². The molecule has 0 bridgehead atoms. The van der Waals surface area contributed by atoms with Crippen molar-refractivity contribution in [2.75, 3.05) is 0 Å². The van der Waals surface area contributed by atoms with Gasteiger partial charge in [-0.25, -0.2) is 0 Å². The Morgan fingerprint density at radius 3 is 2.00 bits per heavy atom. The van der Waals surface area contributed by atoms with Crippen LogP contribution in [0.15, 0.2) is 0 Å². The van der Waals surface area contributed by atoms with Crippen LogP contribution in [0.4, 0.5) is 0 Å². The van der Waals surface area contributed by atoms with E-state index in [0.29, 0.717) is 5.41 Å². The lowest BCUT2D eigenvalue weighted by molar-refractivity contribution is 0.167. The fraction of sp³-hybridized carbons (Fsp3) is 1.00. The van der Waals surface area contributed by atoms with Gasteiger partial charge in [-0.3, -0.25) is 0 Å². The van der Waals surface area contributed by atoms with E-state index in [-0.39, 0.29) is 0 Å². The predicted octanol–water partition coefficient (Wildman–Crippen LogP) is 6.94. The first kappa shape index (κ1) is 18.1. The molecule has 0 aromatic carbocycles. The van der Waals surface area contributed by atoms with Gasteiger partial charge < -0.3 is 0 Å². The van der Waals surface area contributed by atoms with Gasteiger partial charge in [-0.2, -0.15) is 0 Å². The summed E-state index contributed by atoms with van der Waals surface area (Å²) in [6, 6.07) is 0. The Morgan fingerprint density at radius 1 is 0.950 bits per heavy atom. The van der Waals surface area contributed by atoms with Crippen LogP contribution in [0.5, 0.6) is 0 Å². The normalized spacial score (nSPS) is 31.6. The second-order valence-corrected chi connectivity index (χ2v) is 8.16. The first-order chi connectivity index (χ1) is 9.39. The Hall–Kier alpha value is 0. The first-order valence-electron chi connectivity index (χ1n) is 9.39. The lowest BCUT2D eigenvalue weighted by Gasteiger charge is -2.33. The van der Waals surface area contributed by atoms with Crippen LogP contribution >= 0.6 is 0 Å². The van der Waals surface area contributed by atoms with Crippen LogP contribution in [-0.2, 0) is 0 Å². The third-order valence-corrected chi connectivity index (χ3v) is 6.87. The van der Waals surface area contributed by atoms with E-state index >= 15 is 0 Å². The molecular formula is C20H40. The predicted molar refractivity (Wildman–Crippen MR) is 91.9 cm³/mol. The molecular weight excluding hydrogens is 240 g/mol. The van der Waals surface area contributed by atoms with Crippen molar-refractivity contribution in [1.29, 1.82) is 0 Å². The van der Waals surface area contributed by atoms with Crippen molar-refractivity contribution in [2.24, 2.45) is 35.0 Å². The number of rotatable bonds is 10. The van der Waals surface area contributed by atoms with Gasteiger partial charge in [0.25, 0.3) is 0 Å². The molecule has 0 nitrogen and oxygen atoms in total. The third kappa shape index (κ3) is 4.25. The average Bonchev–Trinajstić information content (AvgIpc) is 3.08. The molecule has 0 radical (unpaired) electrons. The lowest BCUT2D eigenvalue weighted by atomic mass is 9.72. The van der Waals surface area contributed by atoms with E-state index in [2.05, 4.69) is 48.5 Å². The summed E-state index contributed by atoms with van der Waals surface area (Å²) in [4.78, 5) is 0. The van der Waals surface area contributed by atoms with Crippen molar-refractivity contribution >= 4 is 0 Å². The van der Waals surface area contributed by atoms with Gasteiger partial charge in [0.05, 0.1) is 0 Å². The van der Waals surface area contributed by atoms with Gasteiger partial charge in [-0.1, -0.05) is 74.1 Å². The largest absolute Gasteiger partial charge is 0.0654 e. The highest BCUT2D eigenvalue weighted by Gasteiger charge is 2.54. The standard InChI is InChI=1S/C20H40/c1-8-10-11-12-20(14-18(20)6)19(7)17(5)13-16(4)15(3)9-2/h15-19H,8-14H2,1-7H3. The number of hydrogen-bond donors (Lipinski definition) is 0. The van der Waals surface area contributed by atoms with Gasteiger partial charge in [0.2, 0.25) is 0 Å². The summed E-state index contributed by atoms with van der Waals surface area (Å²) in [5, 5.41) is 0. The molecule has 0 aromatic rings. The molecule has 0 aromatic heterocycles. The summed E-state index contributed by atoms with van der Waals surface area (Å²) in [6.45, 7) is 17.1. The van der Waals surface area contributed by atoms with Crippen molar-refractivity contribution in [2.45, 2.75) is 93.4 Å². The van der Waals surface area contributed by atoms with Crippen LogP contribution in [0.1, 0.15) is 93.4 Å². The van der Waals surface area contributed by atoms with E-state index in [9.17, 15) is 0 Å². The third-order valence-electron chi connectivity index (χ3n) is 6.87. The maximum atomic E-state index is 2.56. The topological polar surface area (TPSA) is 0 Å². The molecule has 0 heterocycles. The van der Waals surface area contributed by atoms with Gasteiger partial charge >= 0.3 is 0 Å². The molecule has 1 fully saturated rings. The average molecular weight is 281 g/mol. The number of unbranched alkanes of at least 4 members (excludes halogenated alkanes) is 2. The Balaban J connectivity index is 2.51. The van der Waals surface area contributed by atoms with Crippen LogP contribution in [-0.4, -0.2) is 0 Å². The van der Waals surface area contributed by atoms with Gasteiger partial charge in [0.15, 0.2) is 0 Å². The van der Waals surface area contributed by atoms with Gasteiger partial charge in [0.1, 0.15) is 0 Å². The molecule has 0 spiro atoms. The molecule has 0 aliphatic heterocycles. The Morgan fingerprint density at radius 2 is 1.55 bits per heavy atom. The minimum absolute atomic E-state index is 0.712. The fourth-order valence-corrected chi connectivity index (χ4v) is 4.42. The second kappa shape index (κ2) is 7.85. The monoisotopic (exact) mass is 280 g/mol. The van der Waals surface area contributed by atoms with E-state index < -0.39 is 0 Å². The smallest absolute Gasteiger partial charge is 0.0241 e. The maximum Gasteiger partial charge on any atom is -0.0241 e. The summed E-state index contributed by atoms with van der Waals surface area (Å²) in [5.41, 5.74) is 0.712. The van der Waals surface area contributed by atoms with Crippen molar-refractivity contribution in [3.63, 3.8) is 0 Å². The quantitative estimate of drug-likeness (QED) is 0.380. The summed E-state index contributed by atoms with van der Waals surface area (Å²) in [5.74, 6) is 4.57. The summed E-state index contributed by atoms with van der Waals surface area (Å²) in [6.07, 6.45) is 10.0. The van der Waals surface area contributed by atoms with Gasteiger partial charge in [0, 0.05) is 0 Å². The summed E-state index contributed by atoms with van der Waals surface area (Å²) in [7, 11) is 0. The van der Waals surface area contributed by atoms with E-state index in [4.69, 9.17) is 0 Å². The molecule has 20 heavy (non-hydrogen) atoms. The minimum Gasteiger partial charge on any atom is -0.0654 e. The van der Waals surface area contributed by atoms with Gasteiger partial charge in [-0.05, 0) is 54.3 Å². The molecule has 6 unspecified atom stereocenters. The SMILES string of the molecule is CCCCCC1(C(C)C(C)CC(C)C(C)CC)CC1C. The van der Waals surface area contributed by atoms with Crippen LogP contribution in [0.2, 0.25) is 0 Å². The minimum atomic E-state index is 0.712. The van der Waals surface area contributed by atoms with Crippen LogP contribution in [0.3, 0.4) is 0 Å². The van der Waals surface area contributed by atoms with Crippen molar-refractivity contribution in [3.8, 4) is 0 Å². The van der Waals surface area contributed by atoms with Crippen LogP contribution in [0.25, 0.3) is 0 Å². The van der Waals surface area contributed by atoms with Crippen molar-refractivity contribution < 1.29 is 0 Å². The van der Waals surface area contributed by atoms with E-state index in [1.807, 2.05) is 0 Å². The molecule has 0 N–H and O–H groups in total. The van der Waals surface area contributed by atoms with Crippen LogP contribution < -0.4 is 0 Å². The van der Waals surface area contributed by atoms with Gasteiger partial charge in [-0.15, -0.1) is 0 Å². The highest BCUT2D eigenvalue weighted by atomic mass is 14.6. The number of hydrogen-bond acceptors (Lipinski definition) is 0. The molecule has 120 valence electrons. The molecule has 0 amide bonds. The van der Waals surface area contributed by atoms with Crippen molar-refractivity contribution in [3.05, 3.63) is 0 Å². The Labute approximate surface area is 129 Å². The van der Waals surface area contributed by atoms with E-state index in [1.54, 1.807) is 0 Å². The van der Waals surface area contributed by atoms with E-state index in [1.165, 1.54) is 44.9 Å². The molecule has 0 heteroatoms.